The molecule has 1 aromatic heterocycles. The van der Waals surface area contributed by atoms with E-state index in [9.17, 15) is 0 Å². The smallest absolute Gasteiger partial charge is 0.136 e. The molecule has 190 valence electrons. The van der Waals surface area contributed by atoms with Crippen molar-refractivity contribution in [1.82, 2.24) is 0 Å². The first-order valence-corrected chi connectivity index (χ1v) is 13.9. The molecule has 40 heavy (non-hydrogen) atoms. The summed E-state index contributed by atoms with van der Waals surface area (Å²) in [5.74, 6) is 0. The molecule has 1 heterocycles. The molecule has 0 aliphatic heterocycles. The Labute approximate surface area is 233 Å². The third-order valence-corrected chi connectivity index (χ3v) is 8.15. The van der Waals surface area contributed by atoms with Crippen molar-refractivity contribution >= 4 is 60.4 Å². The zero-order valence-electron chi connectivity index (χ0n) is 22.0. The lowest BCUT2D eigenvalue weighted by atomic mass is 9.92. The van der Waals surface area contributed by atoms with E-state index in [2.05, 4.69) is 132 Å². The van der Waals surface area contributed by atoms with Gasteiger partial charge in [-0.3, -0.25) is 0 Å². The first kappa shape index (κ1) is 22.9. The fourth-order valence-corrected chi connectivity index (χ4v) is 6.18. The van der Waals surface area contributed by atoms with Gasteiger partial charge in [-0.1, -0.05) is 91.0 Å². The van der Waals surface area contributed by atoms with E-state index in [4.69, 9.17) is 4.42 Å². The Hall–Kier alpha value is -5.08. The monoisotopic (exact) mass is 513 g/mol. The summed E-state index contributed by atoms with van der Waals surface area (Å²) in [6.45, 7) is 0. The third kappa shape index (κ3) is 3.80. The lowest BCUT2D eigenvalue weighted by Gasteiger charge is -2.30. The van der Waals surface area contributed by atoms with Crippen LogP contribution in [0.4, 0.5) is 11.4 Å². The second kappa shape index (κ2) is 9.29. The lowest BCUT2D eigenvalue weighted by molar-refractivity contribution is 0.669. The summed E-state index contributed by atoms with van der Waals surface area (Å²) < 4.78 is 6.11. The molecule has 7 aromatic rings. The molecule has 0 atom stereocenters. The van der Waals surface area contributed by atoms with Crippen molar-refractivity contribution < 1.29 is 4.42 Å². The van der Waals surface area contributed by atoms with Crippen LogP contribution in [0, 0.1) is 0 Å². The summed E-state index contributed by atoms with van der Waals surface area (Å²) in [6.07, 6.45) is 6.57. The Kier molecular flexibility index (Phi) is 5.31. The van der Waals surface area contributed by atoms with Crippen LogP contribution in [0.15, 0.2) is 150 Å². The number of anilines is 2. The van der Waals surface area contributed by atoms with Gasteiger partial charge in [-0.15, -0.1) is 0 Å². The minimum atomic E-state index is 0.941. The van der Waals surface area contributed by atoms with Crippen LogP contribution in [0.5, 0.6) is 0 Å². The van der Waals surface area contributed by atoms with Gasteiger partial charge in [-0.25, -0.2) is 0 Å². The van der Waals surface area contributed by atoms with E-state index in [1.807, 2.05) is 12.1 Å². The first-order chi connectivity index (χ1) is 19.8. The summed E-state index contributed by atoms with van der Waals surface area (Å²) in [7, 11) is 0. The van der Waals surface area contributed by atoms with Crippen LogP contribution in [0.3, 0.4) is 0 Å². The molecule has 0 radical (unpaired) electrons. The SMILES string of the molecule is C1=C(c2ccc3c(ccc4oc5ccccc5c43)c2)CCC(N(c2ccccc2)c2ccc3ccccc3c2)=C1. The Balaban J connectivity index is 1.19. The van der Waals surface area contributed by atoms with Crippen molar-refractivity contribution in [3.63, 3.8) is 0 Å². The van der Waals surface area contributed by atoms with Gasteiger partial charge in [0.2, 0.25) is 0 Å². The second-order valence-corrected chi connectivity index (χ2v) is 10.5. The number of rotatable bonds is 4. The number of hydrogen-bond donors (Lipinski definition) is 0. The minimum absolute atomic E-state index is 0.941. The molecule has 6 aromatic carbocycles. The average molecular weight is 514 g/mol. The molecule has 0 spiro atoms. The molecule has 1 aliphatic rings. The molecule has 0 amide bonds. The standard InChI is InChI=1S/C38H27NO/c1-2-10-31(11-3-1)39(33-21-16-26-8-4-5-9-28(26)25-33)32-19-14-27(15-20-32)29-17-22-34-30(24-29)18-23-37-38(34)35-12-6-7-13-36(35)40-37/h1-14,16-19,21-25H,15,20H2. The summed E-state index contributed by atoms with van der Waals surface area (Å²) in [5, 5.41) is 7.38. The van der Waals surface area contributed by atoms with Gasteiger partial charge in [0.15, 0.2) is 0 Å². The van der Waals surface area contributed by atoms with Gasteiger partial charge < -0.3 is 9.32 Å². The number of furan rings is 1. The van der Waals surface area contributed by atoms with Gasteiger partial charge in [0.25, 0.3) is 0 Å². The van der Waals surface area contributed by atoms with E-state index in [1.54, 1.807) is 0 Å². The summed E-state index contributed by atoms with van der Waals surface area (Å²) >= 11 is 0. The number of hydrogen-bond acceptors (Lipinski definition) is 2. The number of benzene rings is 6. The van der Waals surface area contributed by atoms with E-state index in [-0.39, 0.29) is 0 Å². The van der Waals surface area contributed by atoms with Gasteiger partial charge >= 0.3 is 0 Å². The molecular formula is C38H27NO. The van der Waals surface area contributed by atoms with Crippen LogP contribution in [-0.4, -0.2) is 0 Å². The number of para-hydroxylation sites is 2. The van der Waals surface area contributed by atoms with Crippen LogP contribution in [-0.2, 0) is 0 Å². The van der Waals surface area contributed by atoms with Crippen molar-refractivity contribution in [2.24, 2.45) is 0 Å². The largest absolute Gasteiger partial charge is 0.456 e. The van der Waals surface area contributed by atoms with Gasteiger partial charge in [0.1, 0.15) is 11.2 Å². The lowest BCUT2D eigenvalue weighted by Crippen LogP contribution is -2.17. The Morgan fingerprint density at radius 2 is 1.30 bits per heavy atom. The van der Waals surface area contributed by atoms with Crippen LogP contribution >= 0.6 is 0 Å². The summed E-state index contributed by atoms with van der Waals surface area (Å²) in [5.41, 5.74) is 8.22. The highest BCUT2D eigenvalue weighted by molar-refractivity contribution is 6.19. The Bertz CT molecular complexity index is 2110. The maximum atomic E-state index is 6.11. The molecule has 2 heteroatoms. The van der Waals surface area contributed by atoms with Gasteiger partial charge in [-0.05, 0) is 94.1 Å². The molecule has 2 nitrogen and oxygen atoms in total. The van der Waals surface area contributed by atoms with Crippen molar-refractivity contribution in [2.45, 2.75) is 12.8 Å². The van der Waals surface area contributed by atoms with Gasteiger partial charge in [-0.2, -0.15) is 0 Å². The predicted octanol–water partition coefficient (Wildman–Crippen LogP) is 10.8. The van der Waals surface area contributed by atoms with E-state index >= 15 is 0 Å². The molecule has 1 aliphatic carbocycles. The predicted molar refractivity (Wildman–Crippen MR) is 169 cm³/mol. The molecular weight excluding hydrogens is 486 g/mol. The number of allylic oxidation sites excluding steroid dienone is 4. The van der Waals surface area contributed by atoms with E-state index in [0.717, 1.165) is 24.0 Å². The molecule has 0 bridgehead atoms. The van der Waals surface area contributed by atoms with Crippen LogP contribution in [0.1, 0.15) is 18.4 Å². The van der Waals surface area contributed by atoms with Crippen LogP contribution in [0.2, 0.25) is 0 Å². The molecule has 8 rings (SSSR count). The molecule has 0 N–H and O–H groups in total. The number of nitrogens with zero attached hydrogens (tertiary/aromatic N) is 1. The van der Waals surface area contributed by atoms with E-state index in [0.29, 0.717) is 0 Å². The summed E-state index contributed by atoms with van der Waals surface area (Å²) in [6, 6.07) is 45.5. The highest BCUT2D eigenvalue weighted by Crippen LogP contribution is 2.39. The van der Waals surface area contributed by atoms with E-state index in [1.165, 1.54) is 60.5 Å². The van der Waals surface area contributed by atoms with Crippen molar-refractivity contribution in [3.05, 3.63) is 151 Å². The van der Waals surface area contributed by atoms with Crippen molar-refractivity contribution in [3.8, 4) is 0 Å². The molecule has 0 fully saturated rings. The van der Waals surface area contributed by atoms with Crippen LogP contribution < -0.4 is 4.90 Å². The maximum absolute atomic E-state index is 6.11. The molecule has 0 unspecified atom stereocenters. The van der Waals surface area contributed by atoms with E-state index < -0.39 is 0 Å². The Morgan fingerprint density at radius 1 is 0.500 bits per heavy atom. The van der Waals surface area contributed by atoms with Crippen LogP contribution in [0.25, 0.3) is 49.1 Å². The first-order valence-electron chi connectivity index (χ1n) is 13.9. The molecule has 0 saturated carbocycles. The fraction of sp³-hybridized carbons (Fsp3) is 0.0526. The minimum Gasteiger partial charge on any atom is -0.456 e. The maximum Gasteiger partial charge on any atom is 0.136 e. The average Bonchev–Trinajstić information content (AvgIpc) is 3.41. The topological polar surface area (TPSA) is 16.4 Å². The van der Waals surface area contributed by atoms with Gasteiger partial charge in [0, 0.05) is 27.8 Å². The van der Waals surface area contributed by atoms with Crippen molar-refractivity contribution in [2.75, 3.05) is 4.90 Å². The highest BCUT2D eigenvalue weighted by Gasteiger charge is 2.19. The zero-order chi connectivity index (χ0) is 26.5. The normalized spacial score (nSPS) is 13.6. The number of fused-ring (bicyclic) bond motifs is 6. The second-order valence-electron chi connectivity index (χ2n) is 10.5. The fourth-order valence-electron chi connectivity index (χ4n) is 6.18. The zero-order valence-corrected chi connectivity index (χ0v) is 22.0. The molecule has 0 saturated heterocycles. The van der Waals surface area contributed by atoms with Crippen molar-refractivity contribution in [1.29, 1.82) is 0 Å². The summed E-state index contributed by atoms with van der Waals surface area (Å²) in [4.78, 5) is 2.40. The van der Waals surface area contributed by atoms with Gasteiger partial charge in [0.05, 0.1) is 0 Å². The highest BCUT2D eigenvalue weighted by atomic mass is 16.3. The quantitative estimate of drug-likeness (QED) is 0.233. The third-order valence-electron chi connectivity index (χ3n) is 8.15. The Morgan fingerprint density at radius 3 is 2.17 bits per heavy atom.